The first kappa shape index (κ1) is 25.9. The van der Waals surface area contributed by atoms with Gasteiger partial charge in [-0.15, -0.1) is 11.3 Å². The summed E-state index contributed by atoms with van der Waals surface area (Å²) in [6, 6.07) is 8.63. The molecule has 4 rings (SSSR count). The summed E-state index contributed by atoms with van der Waals surface area (Å²) in [6.45, 7) is 3.96. The van der Waals surface area contributed by atoms with E-state index in [0.29, 0.717) is 26.0 Å². The molecule has 2 aliphatic rings. The minimum absolute atomic E-state index is 0.0275. The van der Waals surface area contributed by atoms with E-state index in [1.807, 2.05) is 35.7 Å². The van der Waals surface area contributed by atoms with Gasteiger partial charge < -0.3 is 20.7 Å². The number of benzene rings is 1. The molecule has 11 heteroatoms. The zero-order chi connectivity index (χ0) is 25.9. The summed E-state index contributed by atoms with van der Waals surface area (Å²) in [5, 5.41) is 11.3. The number of rotatable bonds is 9. The summed E-state index contributed by atoms with van der Waals surface area (Å²) in [6.07, 6.45) is 2.53. The van der Waals surface area contributed by atoms with Crippen LogP contribution in [0.1, 0.15) is 30.8 Å². The van der Waals surface area contributed by atoms with Crippen LogP contribution >= 0.6 is 11.3 Å². The molecule has 0 bridgehead atoms. The highest BCUT2D eigenvalue weighted by molar-refractivity contribution is 7.09. The molecule has 0 spiro atoms. The summed E-state index contributed by atoms with van der Waals surface area (Å²) in [5.74, 6) is -0.938. The molecule has 2 atom stereocenters. The second kappa shape index (κ2) is 10.5. The van der Waals surface area contributed by atoms with Gasteiger partial charge in [-0.3, -0.25) is 14.4 Å². The molecule has 0 radical (unpaired) electrons. The maximum Gasteiger partial charge on any atom is 0.256 e. The number of amides is 3. The summed E-state index contributed by atoms with van der Waals surface area (Å²) < 4.78 is 5.83. The predicted molar refractivity (Wildman–Crippen MR) is 136 cm³/mol. The van der Waals surface area contributed by atoms with E-state index >= 15 is 0 Å². The third-order valence-electron chi connectivity index (χ3n) is 6.44. The summed E-state index contributed by atoms with van der Waals surface area (Å²) in [7, 11) is 1.63. The Hall–Kier alpha value is -3.15. The minimum atomic E-state index is -1.17. The Kier molecular flexibility index (Phi) is 7.53. The number of fused-ring (bicyclic) bond motifs is 1. The van der Waals surface area contributed by atoms with Gasteiger partial charge in [0.25, 0.3) is 5.91 Å². The lowest BCUT2D eigenvalue weighted by Crippen LogP contribution is -2.61. The van der Waals surface area contributed by atoms with Crippen molar-refractivity contribution in [2.45, 2.75) is 44.9 Å². The number of piperidine rings is 1. The van der Waals surface area contributed by atoms with Crippen LogP contribution in [0.5, 0.6) is 0 Å². The lowest BCUT2D eigenvalue weighted by Gasteiger charge is -2.40. The van der Waals surface area contributed by atoms with Gasteiger partial charge in [-0.2, -0.15) is 5.10 Å². The van der Waals surface area contributed by atoms with Crippen LogP contribution in [0.25, 0.3) is 0 Å². The molecule has 36 heavy (non-hydrogen) atoms. The van der Waals surface area contributed by atoms with Crippen LogP contribution in [0.4, 0.5) is 0 Å². The molecule has 0 aliphatic carbocycles. The van der Waals surface area contributed by atoms with Crippen molar-refractivity contribution in [3.8, 4) is 0 Å². The number of aromatic nitrogens is 1. The lowest BCUT2D eigenvalue weighted by atomic mass is 9.75. The standard InChI is InChI=1S/C25H32N6O4S/c1-24(2,26)22(33)28-18(15-35-14-17-7-5-4-6-8-17)21(32)31-11-9-19-25(16-31,23(34)30(3)29-19)13-20-27-10-12-36-20/h4-8,10,12,18H,9,11,13-16,26H2,1-3H3,(H,28,33). The molecule has 192 valence electrons. The summed E-state index contributed by atoms with van der Waals surface area (Å²) in [5.41, 5.74) is 5.56. The molecule has 1 saturated heterocycles. The van der Waals surface area contributed by atoms with E-state index < -0.39 is 22.9 Å². The number of hydrazone groups is 1. The Bertz CT molecular complexity index is 1130. The number of carbonyl (C=O) groups excluding carboxylic acids is 3. The van der Waals surface area contributed by atoms with Crippen LogP contribution in [-0.2, 0) is 32.1 Å². The number of carbonyl (C=O) groups is 3. The molecule has 1 fully saturated rings. The van der Waals surface area contributed by atoms with Gasteiger partial charge in [0, 0.05) is 44.6 Å². The first-order valence-electron chi connectivity index (χ1n) is 11.8. The van der Waals surface area contributed by atoms with Gasteiger partial charge in [-0.05, 0) is 19.4 Å². The molecule has 0 saturated carbocycles. The van der Waals surface area contributed by atoms with Gasteiger partial charge in [0.1, 0.15) is 11.5 Å². The number of hydrogen-bond acceptors (Lipinski definition) is 8. The van der Waals surface area contributed by atoms with Gasteiger partial charge in [-0.1, -0.05) is 30.3 Å². The van der Waals surface area contributed by atoms with Crippen molar-refractivity contribution in [3.05, 3.63) is 52.5 Å². The molecule has 2 aliphatic heterocycles. The number of thiazole rings is 1. The van der Waals surface area contributed by atoms with Crippen molar-refractivity contribution >= 4 is 34.8 Å². The van der Waals surface area contributed by atoms with E-state index in [1.165, 1.54) is 16.3 Å². The number of nitrogens with zero attached hydrogens (tertiary/aromatic N) is 4. The summed E-state index contributed by atoms with van der Waals surface area (Å²) >= 11 is 1.47. The highest BCUT2D eigenvalue weighted by atomic mass is 32.1. The lowest BCUT2D eigenvalue weighted by molar-refractivity contribution is -0.143. The normalized spacial score (nSPS) is 20.7. The topological polar surface area (TPSA) is 130 Å². The monoisotopic (exact) mass is 512 g/mol. The Morgan fingerprint density at radius 2 is 2.06 bits per heavy atom. The van der Waals surface area contributed by atoms with Crippen LogP contribution < -0.4 is 11.1 Å². The van der Waals surface area contributed by atoms with E-state index in [9.17, 15) is 14.4 Å². The smallest absolute Gasteiger partial charge is 0.256 e. The van der Waals surface area contributed by atoms with E-state index in [4.69, 9.17) is 10.5 Å². The number of ether oxygens (including phenoxy) is 1. The summed E-state index contributed by atoms with van der Waals surface area (Å²) in [4.78, 5) is 45.7. The Balaban J connectivity index is 1.53. The van der Waals surface area contributed by atoms with Crippen LogP contribution in [0.3, 0.4) is 0 Å². The average Bonchev–Trinajstić information content (AvgIpc) is 3.44. The Morgan fingerprint density at radius 1 is 1.31 bits per heavy atom. The number of nitrogens with two attached hydrogens (primary N) is 1. The molecule has 10 nitrogen and oxygen atoms in total. The molecule has 3 N–H and O–H groups in total. The average molecular weight is 513 g/mol. The minimum Gasteiger partial charge on any atom is -0.374 e. The fourth-order valence-electron chi connectivity index (χ4n) is 4.48. The number of likely N-dealkylation sites (tertiary alicyclic amines) is 1. The molecule has 3 amide bonds. The highest BCUT2D eigenvalue weighted by Gasteiger charge is 2.54. The van der Waals surface area contributed by atoms with Gasteiger partial charge in [-0.25, -0.2) is 9.99 Å². The van der Waals surface area contributed by atoms with E-state index in [0.717, 1.165) is 16.3 Å². The molecule has 1 aromatic heterocycles. The first-order chi connectivity index (χ1) is 17.1. The molecule has 2 aromatic rings. The van der Waals surface area contributed by atoms with Crippen LogP contribution in [-0.4, -0.2) is 76.7 Å². The molecular formula is C25H32N6O4S. The third-order valence-corrected chi connectivity index (χ3v) is 7.22. The van der Waals surface area contributed by atoms with Crippen LogP contribution in [0.2, 0.25) is 0 Å². The van der Waals surface area contributed by atoms with Gasteiger partial charge in [0.15, 0.2) is 0 Å². The van der Waals surface area contributed by atoms with Gasteiger partial charge in [0.2, 0.25) is 11.8 Å². The van der Waals surface area contributed by atoms with Crippen molar-refractivity contribution in [3.63, 3.8) is 0 Å². The Labute approximate surface area is 214 Å². The maximum absolute atomic E-state index is 13.7. The highest BCUT2D eigenvalue weighted by Crippen LogP contribution is 2.38. The van der Waals surface area contributed by atoms with Gasteiger partial charge >= 0.3 is 0 Å². The quantitative estimate of drug-likeness (QED) is 0.519. The predicted octanol–water partition coefficient (Wildman–Crippen LogP) is 1.17. The SMILES string of the molecule is CN1N=C2CCN(C(=O)C(COCc3ccccc3)NC(=O)C(C)(C)N)CC2(Cc2nccs2)C1=O. The largest absolute Gasteiger partial charge is 0.374 e. The Morgan fingerprint density at radius 3 is 2.72 bits per heavy atom. The fourth-order valence-corrected chi connectivity index (χ4v) is 5.21. The van der Waals surface area contributed by atoms with Crippen molar-refractivity contribution in [2.75, 3.05) is 26.7 Å². The fraction of sp³-hybridized carbons (Fsp3) is 0.480. The van der Waals surface area contributed by atoms with Crippen LogP contribution in [0.15, 0.2) is 47.0 Å². The van der Waals surface area contributed by atoms with Crippen molar-refractivity contribution < 1.29 is 19.1 Å². The van der Waals surface area contributed by atoms with Crippen molar-refractivity contribution in [1.29, 1.82) is 0 Å². The molecule has 1 aromatic carbocycles. The molecular weight excluding hydrogens is 480 g/mol. The van der Waals surface area contributed by atoms with E-state index in [-0.39, 0.29) is 25.0 Å². The first-order valence-corrected chi connectivity index (χ1v) is 12.7. The van der Waals surface area contributed by atoms with E-state index in [1.54, 1.807) is 32.0 Å². The number of hydrogen-bond donors (Lipinski definition) is 2. The second-order valence-corrected chi connectivity index (χ2v) is 10.8. The zero-order valence-corrected chi connectivity index (χ0v) is 21.6. The number of nitrogens with one attached hydrogen (secondary N) is 1. The maximum atomic E-state index is 13.7. The van der Waals surface area contributed by atoms with Crippen molar-refractivity contribution in [2.24, 2.45) is 16.3 Å². The van der Waals surface area contributed by atoms with E-state index in [2.05, 4.69) is 15.4 Å². The molecule has 2 unspecified atom stereocenters. The zero-order valence-electron chi connectivity index (χ0n) is 20.8. The van der Waals surface area contributed by atoms with Crippen LogP contribution in [0, 0.1) is 5.41 Å². The third kappa shape index (κ3) is 5.48. The second-order valence-electron chi connectivity index (χ2n) is 9.82. The molecule has 3 heterocycles. The van der Waals surface area contributed by atoms with Crippen molar-refractivity contribution in [1.82, 2.24) is 20.2 Å². The van der Waals surface area contributed by atoms with Gasteiger partial charge in [0.05, 0.1) is 29.5 Å².